The second-order valence-electron chi connectivity index (χ2n) is 11.5. The van der Waals surface area contributed by atoms with Crippen molar-refractivity contribution in [1.29, 1.82) is 0 Å². The number of carbonyl (C=O) groups excluding carboxylic acids is 2. The number of alkyl halides is 2. The summed E-state index contributed by atoms with van der Waals surface area (Å²) in [5, 5.41) is 21.6. The van der Waals surface area contributed by atoms with Crippen LogP contribution in [0.4, 0.5) is 8.78 Å². The zero-order chi connectivity index (χ0) is 27.1. The molecule has 208 valence electrons. The van der Waals surface area contributed by atoms with E-state index in [4.69, 9.17) is 0 Å². The lowest BCUT2D eigenvalue weighted by atomic mass is 9.85. The van der Waals surface area contributed by atoms with Crippen LogP contribution in [0.15, 0.2) is 6.20 Å². The van der Waals surface area contributed by atoms with Gasteiger partial charge in [-0.15, -0.1) is 5.10 Å². The number of sulfonamides is 1. The third kappa shape index (κ3) is 6.11. The second-order valence-corrected chi connectivity index (χ2v) is 13.4. The lowest BCUT2D eigenvalue weighted by molar-refractivity contribution is -0.144. The number of nitrogens with one attached hydrogen (secondary N) is 1. The first kappa shape index (κ1) is 27.8. The number of aliphatic hydroxyl groups excluding tert-OH is 1. The maximum atomic E-state index is 13.8. The number of halogens is 2. The van der Waals surface area contributed by atoms with E-state index in [1.165, 1.54) is 4.90 Å². The van der Waals surface area contributed by atoms with Crippen LogP contribution in [0.25, 0.3) is 0 Å². The number of amides is 2. The van der Waals surface area contributed by atoms with Crippen molar-refractivity contribution in [1.82, 2.24) is 29.5 Å². The van der Waals surface area contributed by atoms with Crippen LogP contribution in [0.5, 0.6) is 0 Å². The molecule has 0 radical (unpaired) electrons. The fraction of sp³-hybridized carbons (Fsp3) is 0.826. The van der Waals surface area contributed by atoms with Crippen molar-refractivity contribution in [2.75, 3.05) is 26.2 Å². The van der Waals surface area contributed by atoms with E-state index in [0.29, 0.717) is 18.8 Å². The summed E-state index contributed by atoms with van der Waals surface area (Å²) in [6.45, 7) is 5.93. The van der Waals surface area contributed by atoms with Crippen LogP contribution < -0.4 is 5.32 Å². The van der Waals surface area contributed by atoms with Crippen LogP contribution in [0, 0.1) is 11.3 Å². The van der Waals surface area contributed by atoms with Gasteiger partial charge in [0.2, 0.25) is 11.8 Å². The van der Waals surface area contributed by atoms with Gasteiger partial charge in [0, 0.05) is 44.7 Å². The van der Waals surface area contributed by atoms with Crippen molar-refractivity contribution in [2.45, 2.75) is 82.7 Å². The number of hydrogen-bond donors (Lipinski definition) is 2. The average Bonchev–Trinajstić information content (AvgIpc) is 3.43. The standard InChI is InChI=1S/C23H36F2N6O5S/c1-23(2,3)19(31-13-17(27-28-31)15-4-5-15)21(34)30-12-16(32)10-18(30)20(33)26-11-14-6-8-29(9-7-14)37(35,36)22(24)25/h13-16,18-19,22,32H,4-12H2,1-3H3,(H,26,33)/t16-,18+,19-/m1/s1. The molecule has 2 saturated heterocycles. The van der Waals surface area contributed by atoms with Crippen molar-refractivity contribution in [2.24, 2.45) is 11.3 Å². The van der Waals surface area contributed by atoms with Gasteiger partial charge in [-0.1, -0.05) is 26.0 Å². The summed E-state index contributed by atoms with van der Waals surface area (Å²) in [6, 6.07) is -1.58. The summed E-state index contributed by atoms with van der Waals surface area (Å²) in [5.41, 5.74) is 0.317. The number of aromatic nitrogens is 3. The highest BCUT2D eigenvalue weighted by atomic mass is 32.2. The Hall–Kier alpha value is -2.19. The first-order chi connectivity index (χ1) is 17.3. The number of nitrogens with zero attached hydrogens (tertiary/aromatic N) is 5. The molecule has 3 fully saturated rings. The minimum atomic E-state index is -4.60. The lowest BCUT2D eigenvalue weighted by Crippen LogP contribution is -2.51. The first-order valence-electron chi connectivity index (χ1n) is 12.7. The molecule has 1 aromatic heterocycles. The molecular weight excluding hydrogens is 510 g/mol. The lowest BCUT2D eigenvalue weighted by Gasteiger charge is -2.35. The van der Waals surface area contributed by atoms with E-state index in [1.54, 1.807) is 10.9 Å². The van der Waals surface area contributed by atoms with Crippen LogP contribution in [-0.4, -0.2) is 93.6 Å². The van der Waals surface area contributed by atoms with Gasteiger partial charge in [-0.05, 0) is 37.0 Å². The summed E-state index contributed by atoms with van der Waals surface area (Å²) in [6.07, 6.45) is 3.83. The van der Waals surface area contributed by atoms with Crippen molar-refractivity contribution in [3.8, 4) is 0 Å². The maximum absolute atomic E-state index is 13.8. The van der Waals surface area contributed by atoms with Gasteiger partial charge >= 0.3 is 5.76 Å². The molecule has 0 bridgehead atoms. The van der Waals surface area contributed by atoms with E-state index in [2.05, 4.69) is 15.6 Å². The Morgan fingerprint density at radius 1 is 1.19 bits per heavy atom. The molecule has 3 aliphatic rings. The fourth-order valence-corrected chi connectivity index (χ4v) is 6.11. The fourth-order valence-electron chi connectivity index (χ4n) is 5.17. The molecule has 37 heavy (non-hydrogen) atoms. The Morgan fingerprint density at radius 3 is 2.41 bits per heavy atom. The molecule has 0 aromatic carbocycles. The van der Waals surface area contributed by atoms with Crippen LogP contribution in [0.2, 0.25) is 0 Å². The van der Waals surface area contributed by atoms with E-state index in [9.17, 15) is 31.9 Å². The minimum absolute atomic E-state index is 0.0254. The van der Waals surface area contributed by atoms with Gasteiger partial charge in [-0.2, -0.15) is 13.1 Å². The Kier molecular flexibility index (Phi) is 7.92. The smallest absolute Gasteiger partial charge is 0.350 e. The highest BCUT2D eigenvalue weighted by Gasteiger charge is 2.45. The molecule has 0 unspecified atom stereocenters. The average molecular weight is 547 g/mol. The number of aliphatic hydroxyl groups is 1. The summed E-state index contributed by atoms with van der Waals surface area (Å²) in [5.74, 6) is -3.88. The number of rotatable bonds is 8. The molecule has 3 heterocycles. The monoisotopic (exact) mass is 546 g/mol. The minimum Gasteiger partial charge on any atom is -0.391 e. The van der Waals surface area contributed by atoms with E-state index in [0.717, 1.165) is 22.8 Å². The van der Waals surface area contributed by atoms with Crippen molar-refractivity contribution >= 4 is 21.8 Å². The predicted molar refractivity (Wildman–Crippen MR) is 129 cm³/mol. The molecule has 4 rings (SSSR count). The Morgan fingerprint density at radius 2 is 1.84 bits per heavy atom. The highest BCUT2D eigenvalue weighted by molar-refractivity contribution is 7.89. The third-order valence-corrected chi connectivity index (χ3v) is 8.97. The van der Waals surface area contributed by atoms with Crippen molar-refractivity contribution in [3.05, 3.63) is 11.9 Å². The molecule has 2 amide bonds. The molecular formula is C23H36F2N6O5S. The molecule has 14 heteroatoms. The van der Waals surface area contributed by atoms with Crippen molar-refractivity contribution in [3.63, 3.8) is 0 Å². The number of piperidine rings is 1. The number of carbonyl (C=O) groups is 2. The van der Waals surface area contributed by atoms with Gasteiger partial charge in [0.1, 0.15) is 12.1 Å². The van der Waals surface area contributed by atoms with Gasteiger partial charge in [-0.25, -0.2) is 13.1 Å². The summed E-state index contributed by atoms with van der Waals surface area (Å²) < 4.78 is 51.2. The van der Waals surface area contributed by atoms with Crippen LogP contribution in [0.1, 0.15) is 70.5 Å². The Labute approximate surface area is 215 Å². The van der Waals surface area contributed by atoms with Gasteiger partial charge in [0.05, 0.1) is 11.8 Å². The summed E-state index contributed by atoms with van der Waals surface area (Å²) in [4.78, 5) is 28.3. The quantitative estimate of drug-likeness (QED) is 0.498. The van der Waals surface area contributed by atoms with Crippen molar-refractivity contribution < 1.29 is 31.9 Å². The molecule has 3 atom stereocenters. The Bertz CT molecular complexity index is 1100. The maximum Gasteiger partial charge on any atom is 0.350 e. The van der Waals surface area contributed by atoms with E-state index in [-0.39, 0.29) is 44.4 Å². The van der Waals surface area contributed by atoms with Crippen LogP contribution in [-0.2, 0) is 19.6 Å². The molecule has 11 nitrogen and oxygen atoms in total. The zero-order valence-electron chi connectivity index (χ0n) is 21.4. The first-order valence-corrected chi connectivity index (χ1v) is 14.2. The van der Waals surface area contributed by atoms with Gasteiger partial charge in [-0.3, -0.25) is 9.59 Å². The van der Waals surface area contributed by atoms with Gasteiger partial charge in [0.15, 0.2) is 0 Å². The topological polar surface area (TPSA) is 138 Å². The molecule has 0 spiro atoms. The molecule has 2 N–H and O–H groups in total. The van der Waals surface area contributed by atoms with Crippen LogP contribution >= 0.6 is 0 Å². The molecule has 1 saturated carbocycles. The van der Waals surface area contributed by atoms with E-state index < -0.39 is 45.3 Å². The SMILES string of the molecule is CC(C)(C)[C@@H](C(=O)N1C[C@H](O)C[C@H]1C(=O)NCC1CCN(S(=O)(=O)C(F)F)CC1)n1cc(C2CC2)nn1. The largest absolute Gasteiger partial charge is 0.391 e. The molecule has 1 aromatic rings. The van der Waals surface area contributed by atoms with E-state index in [1.807, 2.05) is 20.8 Å². The Balaban J connectivity index is 1.39. The second kappa shape index (κ2) is 10.5. The predicted octanol–water partition coefficient (Wildman–Crippen LogP) is 1.09. The normalized spacial score (nSPS) is 25.0. The van der Waals surface area contributed by atoms with Crippen LogP contribution in [0.3, 0.4) is 0 Å². The number of hydrogen-bond acceptors (Lipinski definition) is 7. The van der Waals surface area contributed by atoms with Gasteiger partial charge < -0.3 is 15.3 Å². The third-order valence-electron chi connectivity index (χ3n) is 7.43. The number of likely N-dealkylation sites (tertiary alicyclic amines) is 1. The summed E-state index contributed by atoms with van der Waals surface area (Å²) in [7, 11) is -4.60. The highest BCUT2D eigenvalue weighted by Crippen LogP contribution is 2.40. The molecule has 1 aliphatic carbocycles. The van der Waals surface area contributed by atoms with E-state index >= 15 is 0 Å². The van der Waals surface area contributed by atoms with Gasteiger partial charge in [0.25, 0.3) is 10.0 Å². The number of β-amino-alcohol motifs (C(OH)–C–C–N with tert-alkyl or cyclic N) is 1. The zero-order valence-corrected chi connectivity index (χ0v) is 22.2. The molecule has 2 aliphatic heterocycles. The summed E-state index contributed by atoms with van der Waals surface area (Å²) >= 11 is 0.